The summed E-state index contributed by atoms with van der Waals surface area (Å²) < 4.78 is 15.5. The van der Waals surface area contributed by atoms with Crippen molar-refractivity contribution in [1.82, 2.24) is 0 Å². The van der Waals surface area contributed by atoms with E-state index in [-0.39, 0.29) is 33.5 Å². The van der Waals surface area contributed by atoms with Crippen molar-refractivity contribution in [2.24, 2.45) is 0 Å². The molecule has 0 amide bonds. The van der Waals surface area contributed by atoms with E-state index in [0.29, 0.717) is 0 Å². The van der Waals surface area contributed by atoms with Crippen LogP contribution in [0.4, 0.5) is 0 Å². The summed E-state index contributed by atoms with van der Waals surface area (Å²) in [7, 11) is 0. The number of rotatable bonds is 7. The van der Waals surface area contributed by atoms with Gasteiger partial charge in [-0.2, -0.15) is 5.26 Å². The van der Waals surface area contributed by atoms with E-state index in [0.717, 1.165) is 0 Å². The Morgan fingerprint density at radius 1 is 1.19 bits per heavy atom. The summed E-state index contributed by atoms with van der Waals surface area (Å²) in [5, 5.41) is 9.77. The number of hydrogen-bond donors (Lipinski definition) is 0. The summed E-state index contributed by atoms with van der Waals surface area (Å²) in [6.45, 7) is 1.43. The monoisotopic (exact) mass is 407 g/mol. The highest BCUT2D eigenvalue weighted by molar-refractivity contribution is 6.35. The molecule has 8 heteroatoms. The van der Waals surface area contributed by atoms with Crippen molar-refractivity contribution >= 4 is 35.1 Å². The highest BCUT2D eigenvalue weighted by Gasteiger charge is 2.24. The van der Waals surface area contributed by atoms with Crippen LogP contribution >= 0.6 is 23.2 Å². The zero-order valence-corrected chi connectivity index (χ0v) is 15.8. The molecule has 2 aromatic carbocycles. The lowest BCUT2D eigenvalue weighted by Crippen LogP contribution is -2.17. The Balaban J connectivity index is 2.29. The van der Waals surface area contributed by atoms with Crippen molar-refractivity contribution in [3.63, 3.8) is 0 Å². The predicted molar refractivity (Wildman–Crippen MR) is 98.8 cm³/mol. The number of esters is 2. The van der Waals surface area contributed by atoms with Crippen molar-refractivity contribution in [3.05, 3.63) is 63.6 Å². The molecule has 6 nitrogen and oxygen atoms in total. The number of ether oxygens (including phenoxy) is 3. The minimum Gasteiger partial charge on any atom is -0.480 e. The highest BCUT2D eigenvalue weighted by atomic mass is 35.5. The lowest BCUT2D eigenvalue weighted by Gasteiger charge is -2.17. The highest BCUT2D eigenvalue weighted by Crippen LogP contribution is 2.37. The molecule has 0 fully saturated rings. The Morgan fingerprint density at radius 2 is 1.89 bits per heavy atom. The van der Waals surface area contributed by atoms with Crippen LogP contribution in [0.25, 0.3) is 0 Å². The summed E-state index contributed by atoms with van der Waals surface area (Å²) >= 11 is 12.1. The molecule has 0 radical (unpaired) electrons. The average molecular weight is 408 g/mol. The third-order valence-corrected chi connectivity index (χ3v) is 3.81. The molecule has 0 saturated carbocycles. The zero-order valence-electron chi connectivity index (χ0n) is 14.3. The fourth-order valence-corrected chi connectivity index (χ4v) is 2.73. The Morgan fingerprint density at radius 3 is 2.52 bits per heavy atom. The van der Waals surface area contributed by atoms with Crippen LogP contribution in [0.2, 0.25) is 10.0 Å². The summed E-state index contributed by atoms with van der Waals surface area (Å²) in [6, 6.07) is 12.8. The SMILES string of the molecule is CCOC(=O)COc1c(Cl)cc(Cl)cc1C(C#N)OC(=O)c1ccccc1. The third kappa shape index (κ3) is 5.61. The largest absolute Gasteiger partial charge is 0.480 e. The molecule has 0 aliphatic heterocycles. The van der Waals surface area contributed by atoms with E-state index in [1.54, 1.807) is 37.3 Å². The lowest BCUT2D eigenvalue weighted by atomic mass is 10.1. The van der Waals surface area contributed by atoms with Gasteiger partial charge in [0.1, 0.15) is 11.8 Å². The van der Waals surface area contributed by atoms with Crippen LogP contribution in [0.3, 0.4) is 0 Å². The Hall–Kier alpha value is -2.75. The number of hydrogen-bond acceptors (Lipinski definition) is 6. The maximum absolute atomic E-state index is 12.3. The molecular weight excluding hydrogens is 393 g/mol. The summed E-state index contributed by atoms with van der Waals surface area (Å²) in [5.41, 5.74) is 0.406. The van der Waals surface area contributed by atoms with Crippen molar-refractivity contribution < 1.29 is 23.8 Å². The van der Waals surface area contributed by atoms with Gasteiger partial charge >= 0.3 is 11.9 Å². The van der Waals surface area contributed by atoms with E-state index in [4.69, 9.17) is 37.4 Å². The molecule has 0 heterocycles. The molecule has 0 bridgehead atoms. The standard InChI is InChI=1S/C19H15Cl2NO5/c1-2-25-17(23)11-26-18-14(8-13(20)9-15(18)21)16(10-22)27-19(24)12-6-4-3-5-7-12/h3-9,16H,2,11H2,1H3. The van der Waals surface area contributed by atoms with Crippen molar-refractivity contribution in [2.75, 3.05) is 13.2 Å². The number of halogens is 2. The molecule has 0 spiro atoms. The molecule has 1 atom stereocenters. The fraction of sp³-hybridized carbons (Fsp3) is 0.211. The number of nitrogens with zero attached hydrogens (tertiary/aromatic N) is 1. The summed E-state index contributed by atoms with van der Waals surface area (Å²) in [4.78, 5) is 23.8. The first-order chi connectivity index (χ1) is 13.0. The molecule has 0 saturated heterocycles. The van der Waals surface area contributed by atoms with Crippen LogP contribution < -0.4 is 4.74 Å². The van der Waals surface area contributed by atoms with Crippen molar-refractivity contribution in [1.29, 1.82) is 5.26 Å². The molecule has 2 rings (SSSR count). The third-order valence-electron chi connectivity index (χ3n) is 3.31. The minimum atomic E-state index is -1.34. The average Bonchev–Trinajstić information content (AvgIpc) is 2.65. The van der Waals surface area contributed by atoms with Gasteiger partial charge in [0.15, 0.2) is 6.61 Å². The van der Waals surface area contributed by atoms with Crippen molar-refractivity contribution in [2.45, 2.75) is 13.0 Å². The predicted octanol–water partition coefficient (Wildman–Crippen LogP) is 4.36. The van der Waals surface area contributed by atoms with E-state index in [9.17, 15) is 14.9 Å². The maximum Gasteiger partial charge on any atom is 0.344 e. The van der Waals surface area contributed by atoms with Crippen molar-refractivity contribution in [3.8, 4) is 11.8 Å². The fourth-order valence-electron chi connectivity index (χ4n) is 2.17. The first-order valence-electron chi connectivity index (χ1n) is 7.89. The van der Waals surface area contributed by atoms with Gasteiger partial charge in [-0.3, -0.25) is 0 Å². The number of benzene rings is 2. The zero-order chi connectivity index (χ0) is 19.8. The Bertz CT molecular complexity index is 864. The number of carbonyl (C=O) groups is 2. The molecular formula is C19H15Cl2NO5. The van der Waals surface area contributed by atoms with Crippen LogP contribution in [-0.4, -0.2) is 25.2 Å². The number of carbonyl (C=O) groups excluding carboxylic acids is 2. The molecule has 27 heavy (non-hydrogen) atoms. The van der Waals surface area contributed by atoms with Gasteiger partial charge in [-0.1, -0.05) is 41.4 Å². The molecule has 0 aromatic heterocycles. The first kappa shape index (κ1) is 20.6. The van der Waals surface area contributed by atoms with Crippen LogP contribution in [0.1, 0.15) is 28.9 Å². The first-order valence-corrected chi connectivity index (χ1v) is 8.64. The van der Waals surface area contributed by atoms with Gasteiger partial charge < -0.3 is 14.2 Å². The van der Waals surface area contributed by atoms with Gasteiger partial charge in [0.25, 0.3) is 0 Å². The van der Waals surface area contributed by atoms with Gasteiger partial charge in [0.05, 0.1) is 22.8 Å². The van der Waals surface area contributed by atoms with E-state index >= 15 is 0 Å². The second-order valence-electron chi connectivity index (χ2n) is 5.18. The maximum atomic E-state index is 12.3. The molecule has 1 unspecified atom stereocenters. The Kier molecular flexibility index (Phi) is 7.47. The van der Waals surface area contributed by atoms with Crippen LogP contribution in [0, 0.1) is 11.3 Å². The van der Waals surface area contributed by atoms with E-state index in [2.05, 4.69) is 0 Å². The summed E-state index contributed by atoms with van der Waals surface area (Å²) in [5.74, 6) is -1.29. The van der Waals surface area contributed by atoms with Crippen LogP contribution in [0.15, 0.2) is 42.5 Å². The van der Waals surface area contributed by atoms with Crippen LogP contribution in [0.5, 0.6) is 5.75 Å². The molecule has 0 aliphatic rings. The molecule has 140 valence electrons. The Labute approximate surface area is 166 Å². The number of nitriles is 1. The quantitative estimate of drug-likeness (QED) is 0.633. The van der Waals surface area contributed by atoms with Gasteiger partial charge in [0.2, 0.25) is 6.10 Å². The normalized spacial score (nSPS) is 11.2. The minimum absolute atomic E-state index is 0.0153. The second kappa shape index (κ2) is 9.81. The second-order valence-corrected chi connectivity index (χ2v) is 6.02. The van der Waals surface area contributed by atoms with E-state index in [1.807, 2.05) is 6.07 Å². The molecule has 0 aliphatic carbocycles. The van der Waals surface area contributed by atoms with Crippen LogP contribution in [-0.2, 0) is 14.3 Å². The molecule has 0 N–H and O–H groups in total. The van der Waals surface area contributed by atoms with E-state index < -0.39 is 24.6 Å². The smallest absolute Gasteiger partial charge is 0.344 e. The topological polar surface area (TPSA) is 85.6 Å². The van der Waals surface area contributed by atoms with Gasteiger partial charge in [0, 0.05) is 5.02 Å². The lowest BCUT2D eigenvalue weighted by molar-refractivity contribution is -0.145. The van der Waals surface area contributed by atoms with Gasteiger partial charge in [-0.15, -0.1) is 0 Å². The van der Waals surface area contributed by atoms with Gasteiger partial charge in [-0.25, -0.2) is 9.59 Å². The van der Waals surface area contributed by atoms with Gasteiger partial charge in [-0.05, 0) is 31.2 Å². The molecule has 2 aromatic rings. The summed E-state index contributed by atoms with van der Waals surface area (Å²) in [6.07, 6.45) is -1.34. The van der Waals surface area contributed by atoms with E-state index in [1.165, 1.54) is 12.1 Å².